The quantitative estimate of drug-likeness (QED) is 0.780. The lowest BCUT2D eigenvalue weighted by Gasteiger charge is -2.40. The van der Waals surface area contributed by atoms with Gasteiger partial charge in [0.15, 0.2) is 0 Å². The van der Waals surface area contributed by atoms with Crippen molar-refractivity contribution in [1.29, 1.82) is 0 Å². The second-order valence-electron chi connectivity index (χ2n) is 7.46. The molecule has 2 aliphatic heterocycles. The van der Waals surface area contributed by atoms with Crippen molar-refractivity contribution >= 4 is 27.5 Å². The predicted molar refractivity (Wildman–Crippen MR) is 98.8 cm³/mol. The van der Waals surface area contributed by atoms with Crippen molar-refractivity contribution in [3.63, 3.8) is 0 Å². The van der Waals surface area contributed by atoms with Crippen molar-refractivity contribution in [2.24, 2.45) is 5.41 Å². The van der Waals surface area contributed by atoms with Gasteiger partial charge >= 0.3 is 0 Å². The fourth-order valence-corrected chi connectivity index (χ4v) is 5.59. The third-order valence-electron chi connectivity index (χ3n) is 5.80. The van der Waals surface area contributed by atoms with Gasteiger partial charge in [-0.2, -0.15) is 0 Å². The van der Waals surface area contributed by atoms with Crippen molar-refractivity contribution in [1.82, 2.24) is 9.21 Å². The fraction of sp³-hybridized carbons (Fsp3) is 0.611. The number of amides is 1. The molecule has 0 saturated carbocycles. The van der Waals surface area contributed by atoms with Gasteiger partial charge in [-0.25, -0.2) is 17.1 Å². The topological polar surface area (TPSA) is 57.7 Å². The summed E-state index contributed by atoms with van der Waals surface area (Å²) in [7, 11) is -1.76. The maximum Gasteiger partial charge on any atom is 0.222 e. The van der Waals surface area contributed by atoms with Crippen LogP contribution in [0.2, 0.25) is 5.02 Å². The Morgan fingerprint density at radius 3 is 2.46 bits per heavy atom. The van der Waals surface area contributed by atoms with Gasteiger partial charge in [0.1, 0.15) is 5.82 Å². The number of hydrogen-bond acceptors (Lipinski definition) is 3. The molecule has 0 atom stereocenters. The van der Waals surface area contributed by atoms with Gasteiger partial charge in [-0.1, -0.05) is 17.7 Å². The Kier molecular flexibility index (Phi) is 5.61. The highest BCUT2D eigenvalue weighted by molar-refractivity contribution is 7.88. The highest BCUT2D eigenvalue weighted by Gasteiger charge is 2.40. The smallest absolute Gasteiger partial charge is 0.222 e. The molecule has 26 heavy (non-hydrogen) atoms. The van der Waals surface area contributed by atoms with Crippen LogP contribution < -0.4 is 0 Å². The molecule has 1 amide bonds. The molecule has 0 aromatic heterocycles. The summed E-state index contributed by atoms with van der Waals surface area (Å²) in [6, 6.07) is 4.06. The molecule has 8 heteroatoms. The zero-order chi connectivity index (χ0) is 18.9. The van der Waals surface area contributed by atoms with Crippen molar-refractivity contribution in [3.8, 4) is 0 Å². The minimum Gasteiger partial charge on any atom is -0.346 e. The van der Waals surface area contributed by atoms with Gasteiger partial charge in [-0.3, -0.25) is 4.79 Å². The molecule has 0 N–H and O–H groups in total. The molecule has 2 aliphatic rings. The van der Waals surface area contributed by atoms with Crippen LogP contribution in [0.5, 0.6) is 0 Å². The van der Waals surface area contributed by atoms with Crippen LogP contribution in [-0.4, -0.2) is 50.2 Å². The lowest BCUT2D eigenvalue weighted by atomic mass is 9.73. The van der Waals surface area contributed by atoms with Gasteiger partial charge < -0.3 is 4.90 Å². The summed E-state index contributed by atoms with van der Waals surface area (Å²) in [6.07, 6.45) is 3.75. The van der Waals surface area contributed by atoms with E-state index in [1.165, 1.54) is 16.4 Å². The molecule has 3 rings (SSSR count). The maximum absolute atomic E-state index is 13.9. The van der Waals surface area contributed by atoms with Gasteiger partial charge in [0.25, 0.3) is 0 Å². The van der Waals surface area contributed by atoms with Gasteiger partial charge in [-0.15, -0.1) is 0 Å². The number of benzene rings is 1. The van der Waals surface area contributed by atoms with Crippen LogP contribution >= 0.6 is 11.6 Å². The minimum absolute atomic E-state index is 0.0396. The Bertz CT molecular complexity index is 792. The molecule has 2 fully saturated rings. The van der Waals surface area contributed by atoms with Gasteiger partial charge in [0, 0.05) is 43.7 Å². The predicted octanol–water partition coefficient (Wildman–Crippen LogP) is 3.03. The summed E-state index contributed by atoms with van der Waals surface area (Å²) in [5.41, 5.74) is 0.175. The van der Waals surface area contributed by atoms with E-state index in [9.17, 15) is 17.6 Å². The summed E-state index contributed by atoms with van der Waals surface area (Å²) in [5.74, 6) is -0.792. The molecule has 2 heterocycles. The summed E-state index contributed by atoms with van der Waals surface area (Å²) in [4.78, 5) is 13.7. The van der Waals surface area contributed by atoms with E-state index >= 15 is 0 Å². The Morgan fingerprint density at radius 2 is 1.81 bits per heavy atom. The molecule has 0 aliphatic carbocycles. The molecule has 0 unspecified atom stereocenters. The lowest BCUT2D eigenvalue weighted by molar-refractivity contribution is -0.129. The zero-order valence-corrected chi connectivity index (χ0v) is 16.5. The first-order chi connectivity index (χ1) is 12.2. The molecule has 1 aromatic carbocycles. The van der Waals surface area contributed by atoms with Crippen LogP contribution in [0.15, 0.2) is 18.2 Å². The Morgan fingerprint density at radius 1 is 1.15 bits per heavy atom. The van der Waals surface area contributed by atoms with Crippen LogP contribution in [0.1, 0.15) is 37.7 Å². The monoisotopic (exact) mass is 402 g/mol. The van der Waals surface area contributed by atoms with Gasteiger partial charge in [-0.05, 0) is 43.2 Å². The second kappa shape index (κ2) is 7.44. The maximum atomic E-state index is 13.9. The van der Waals surface area contributed by atoms with Crippen molar-refractivity contribution in [2.45, 2.75) is 37.9 Å². The summed E-state index contributed by atoms with van der Waals surface area (Å²) in [6.45, 7) is 1.58. The third-order valence-corrected chi connectivity index (χ3v) is 7.86. The molecule has 0 radical (unpaired) electrons. The molecule has 5 nitrogen and oxygen atoms in total. The summed E-state index contributed by atoms with van der Waals surface area (Å²) >= 11 is 5.73. The van der Waals surface area contributed by atoms with E-state index in [2.05, 4.69) is 0 Å². The number of hydrogen-bond donors (Lipinski definition) is 0. The molecule has 1 aromatic rings. The normalized spacial score (nSPS) is 21.8. The largest absolute Gasteiger partial charge is 0.346 e. The lowest BCUT2D eigenvalue weighted by Crippen LogP contribution is -2.44. The van der Waals surface area contributed by atoms with E-state index in [-0.39, 0.29) is 27.7 Å². The second-order valence-corrected chi connectivity index (χ2v) is 9.86. The third kappa shape index (κ3) is 4.21. The molecular weight excluding hydrogens is 379 g/mol. The van der Waals surface area contributed by atoms with Crippen molar-refractivity contribution in [2.75, 3.05) is 26.7 Å². The van der Waals surface area contributed by atoms with Crippen LogP contribution in [0, 0.1) is 11.2 Å². The SMILES string of the molecule is CN1CCC2(CCC1=O)CCN(S(=O)(=O)Cc1ccc(Cl)cc1F)CC2. The first kappa shape index (κ1) is 19.6. The molecule has 1 spiro atoms. The number of sulfonamides is 1. The molecule has 0 bridgehead atoms. The standard InChI is InChI=1S/C18H24ClFN2O3S/c1-21-9-6-18(5-4-17(21)23)7-10-22(11-8-18)26(24,25)13-14-2-3-15(19)12-16(14)20/h2-3,12H,4-11,13H2,1H3. The molecule has 144 valence electrons. The van der Waals surface area contributed by atoms with Crippen LogP contribution in [0.25, 0.3) is 0 Å². The Balaban J connectivity index is 1.66. The highest BCUT2D eigenvalue weighted by Crippen LogP contribution is 2.42. The van der Waals surface area contributed by atoms with Gasteiger partial charge in [0.2, 0.25) is 15.9 Å². The summed E-state index contributed by atoms with van der Waals surface area (Å²) < 4.78 is 40.8. The average Bonchev–Trinajstić information content (AvgIpc) is 2.72. The first-order valence-corrected chi connectivity index (χ1v) is 10.9. The van der Waals surface area contributed by atoms with Crippen LogP contribution in [-0.2, 0) is 20.6 Å². The number of halogens is 2. The van der Waals surface area contributed by atoms with E-state index in [4.69, 9.17) is 11.6 Å². The molecule has 2 saturated heterocycles. The van der Waals surface area contributed by atoms with Crippen LogP contribution in [0.4, 0.5) is 4.39 Å². The van der Waals surface area contributed by atoms with Gasteiger partial charge in [0.05, 0.1) is 5.75 Å². The van der Waals surface area contributed by atoms with Crippen molar-refractivity contribution in [3.05, 3.63) is 34.6 Å². The van der Waals surface area contributed by atoms with Crippen LogP contribution in [0.3, 0.4) is 0 Å². The zero-order valence-electron chi connectivity index (χ0n) is 14.9. The van der Waals surface area contributed by atoms with E-state index in [1.807, 2.05) is 7.05 Å². The Hall–Kier alpha value is -1.18. The Labute approximate surface area is 159 Å². The first-order valence-electron chi connectivity index (χ1n) is 8.87. The van der Waals surface area contributed by atoms with E-state index in [0.29, 0.717) is 19.5 Å². The number of carbonyl (C=O) groups is 1. The average molecular weight is 403 g/mol. The highest BCUT2D eigenvalue weighted by atomic mass is 35.5. The molecular formula is C18H24ClFN2O3S. The van der Waals surface area contributed by atoms with E-state index in [1.54, 1.807) is 4.90 Å². The fourth-order valence-electron chi connectivity index (χ4n) is 3.88. The number of likely N-dealkylation sites (tertiary alicyclic amines) is 1. The number of piperidine rings is 1. The van der Waals surface area contributed by atoms with E-state index < -0.39 is 15.8 Å². The number of rotatable bonds is 3. The number of nitrogens with zero attached hydrogens (tertiary/aromatic N) is 2. The minimum atomic E-state index is -3.58. The number of carbonyl (C=O) groups excluding carboxylic acids is 1. The van der Waals surface area contributed by atoms with Crippen molar-refractivity contribution < 1.29 is 17.6 Å². The van der Waals surface area contributed by atoms with E-state index in [0.717, 1.165) is 38.3 Å². The summed E-state index contributed by atoms with van der Waals surface area (Å²) in [5, 5.41) is 0.247.